The number of aryl methyl sites for hydroxylation is 1. The maximum Gasteiger partial charge on any atom is 0.282 e. The first-order valence-electron chi connectivity index (χ1n) is 8.82. The van der Waals surface area contributed by atoms with Crippen LogP contribution in [0.5, 0.6) is 0 Å². The summed E-state index contributed by atoms with van der Waals surface area (Å²) in [5.74, 6) is -0.716. The molecular formula is C23H17BrN2O2. The summed E-state index contributed by atoms with van der Waals surface area (Å²) in [6, 6.07) is 24.1. The fourth-order valence-electron chi connectivity index (χ4n) is 3.15. The number of amides is 2. The molecule has 1 heterocycles. The Bertz CT molecular complexity index is 1090. The van der Waals surface area contributed by atoms with E-state index < -0.39 is 0 Å². The van der Waals surface area contributed by atoms with Crippen LogP contribution in [-0.4, -0.2) is 11.8 Å². The Morgan fingerprint density at radius 2 is 1.54 bits per heavy atom. The van der Waals surface area contributed by atoms with E-state index in [9.17, 15) is 9.59 Å². The van der Waals surface area contributed by atoms with Crippen molar-refractivity contribution in [2.45, 2.75) is 6.92 Å². The number of nitrogens with zero attached hydrogens (tertiary/aromatic N) is 1. The highest BCUT2D eigenvalue weighted by Gasteiger charge is 2.40. The van der Waals surface area contributed by atoms with E-state index in [1.54, 1.807) is 18.2 Å². The zero-order chi connectivity index (χ0) is 19.7. The summed E-state index contributed by atoms with van der Waals surface area (Å²) in [7, 11) is 0. The third-order valence-corrected chi connectivity index (χ3v) is 5.03. The van der Waals surface area contributed by atoms with Crippen molar-refractivity contribution in [1.29, 1.82) is 0 Å². The van der Waals surface area contributed by atoms with Crippen LogP contribution in [0.25, 0.3) is 5.57 Å². The molecule has 3 aromatic carbocycles. The zero-order valence-corrected chi connectivity index (χ0v) is 16.7. The monoisotopic (exact) mass is 432 g/mol. The number of hydrogen-bond donors (Lipinski definition) is 1. The summed E-state index contributed by atoms with van der Waals surface area (Å²) >= 11 is 3.41. The standard InChI is InChI=1S/C23H17BrN2O2/c1-15-10-12-18(13-11-15)25-21-20(16-6-3-2-4-7-16)22(27)26(23(21)28)19-9-5-8-17(24)14-19/h2-14,25H,1H3. The van der Waals surface area contributed by atoms with E-state index in [1.165, 1.54) is 4.90 Å². The summed E-state index contributed by atoms with van der Waals surface area (Å²) < 4.78 is 0.798. The van der Waals surface area contributed by atoms with Gasteiger partial charge in [0.2, 0.25) is 0 Å². The van der Waals surface area contributed by atoms with E-state index in [1.807, 2.05) is 67.6 Å². The van der Waals surface area contributed by atoms with Crippen LogP contribution in [0, 0.1) is 6.92 Å². The van der Waals surface area contributed by atoms with Crippen LogP contribution in [-0.2, 0) is 9.59 Å². The van der Waals surface area contributed by atoms with Gasteiger partial charge in [-0.25, -0.2) is 4.90 Å². The second kappa shape index (κ2) is 7.44. The molecule has 28 heavy (non-hydrogen) atoms. The predicted octanol–water partition coefficient (Wildman–Crippen LogP) is 5.15. The summed E-state index contributed by atoms with van der Waals surface area (Å²) in [5.41, 5.74) is 3.75. The first-order valence-corrected chi connectivity index (χ1v) is 9.61. The number of carbonyl (C=O) groups excluding carboxylic acids is 2. The highest BCUT2D eigenvalue weighted by molar-refractivity contribution is 9.10. The lowest BCUT2D eigenvalue weighted by Crippen LogP contribution is -2.32. The minimum absolute atomic E-state index is 0.278. The van der Waals surface area contributed by atoms with Crippen molar-refractivity contribution in [2.24, 2.45) is 0 Å². The molecule has 138 valence electrons. The molecule has 0 unspecified atom stereocenters. The average molecular weight is 433 g/mol. The number of nitrogens with one attached hydrogen (secondary N) is 1. The molecule has 3 aromatic rings. The van der Waals surface area contributed by atoms with Crippen molar-refractivity contribution in [1.82, 2.24) is 0 Å². The van der Waals surface area contributed by atoms with Crippen LogP contribution < -0.4 is 10.2 Å². The Morgan fingerprint density at radius 1 is 0.821 bits per heavy atom. The Hall–Kier alpha value is -3.18. The molecule has 1 aliphatic heterocycles. The van der Waals surface area contributed by atoms with Gasteiger partial charge in [0.25, 0.3) is 11.8 Å². The van der Waals surface area contributed by atoms with Gasteiger partial charge in [-0.3, -0.25) is 9.59 Å². The molecule has 0 aromatic heterocycles. The van der Waals surface area contributed by atoms with Gasteiger partial charge in [0.05, 0.1) is 11.3 Å². The quantitative estimate of drug-likeness (QED) is 0.579. The molecule has 1 aliphatic rings. The lowest BCUT2D eigenvalue weighted by atomic mass is 10.0. The van der Waals surface area contributed by atoms with Gasteiger partial charge < -0.3 is 5.32 Å². The van der Waals surface area contributed by atoms with Crippen molar-refractivity contribution < 1.29 is 9.59 Å². The topological polar surface area (TPSA) is 49.4 Å². The first-order chi connectivity index (χ1) is 13.5. The average Bonchev–Trinajstić information content (AvgIpc) is 2.94. The molecule has 0 saturated carbocycles. The number of rotatable bonds is 4. The van der Waals surface area contributed by atoms with Crippen molar-refractivity contribution in [3.8, 4) is 0 Å². The summed E-state index contributed by atoms with van der Waals surface area (Å²) in [6.07, 6.45) is 0. The fourth-order valence-corrected chi connectivity index (χ4v) is 3.54. The molecule has 0 radical (unpaired) electrons. The maximum absolute atomic E-state index is 13.3. The van der Waals surface area contributed by atoms with E-state index in [0.717, 1.165) is 15.7 Å². The summed E-state index contributed by atoms with van der Waals surface area (Å²) in [6.45, 7) is 2.00. The smallest absolute Gasteiger partial charge is 0.282 e. The summed E-state index contributed by atoms with van der Waals surface area (Å²) in [4.78, 5) is 27.7. The third-order valence-electron chi connectivity index (χ3n) is 4.53. The van der Waals surface area contributed by atoms with Crippen LogP contribution in [0.3, 0.4) is 0 Å². The Morgan fingerprint density at radius 3 is 2.21 bits per heavy atom. The molecule has 4 rings (SSSR count). The minimum atomic E-state index is -0.373. The molecule has 0 bridgehead atoms. The molecule has 0 fully saturated rings. The third kappa shape index (κ3) is 3.37. The number of carbonyl (C=O) groups is 2. The van der Waals surface area contributed by atoms with E-state index in [-0.39, 0.29) is 17.5 Å². The van der Waals surface area contributed by atoms with Crippen LogP contribution in [0.4, 0.5) is 11.4 Å². The molecular weight excluding hydrogens is 416 g/mol. The number of imide groups is 1. The SMILES string of the molecule is Cc1ccc(NC2=C(c3ccccc3)C(=O)N(c3cccc(Br)c3)C2=O)cc1. The molecule has 0 atom stereocenters. The second-order valence-electron chi connectivity index (χ2n) is 6.53. The number of hydrogen-bond acceptors (Lipinski definition) is 3. The van der Waals surface area contributed by atoms with Crippen molar-refractivity contribution in [2.75, 3.05) is 10.2 Å². The van der Waals surface area contributed by atoms with Gasteiger partial charge in [0.1, 0.15) is 5.70 Å². The van der Waals surface area contributed by atoms with Crippen LogP contribution >= 0.6 is 15.9 Å². The number of halogens is 1. The summed E-state index contributed by atoms with van der Waals surface area (Å²) in [5, 5.41) is 3.17. The molecule has 0 aliphatic carbocycles. The fraction of sp³-hybridized carbons (Fsp3) is 0.0435. The van der Waals surface area contributed by atoms with Gasteiger partial charge >= 0.3 is 0 Å². The highest BCUT2D eigenvalue weighted by Crippen LogP contribution is 2.34. The maximum atomic E-state index is 13.3. The van der Waals surface area contributed by atoms with E-state index in [0.29, 0.717) is 16.8 Å². The van der Waals surface area contributed by atoms with Crippen LogP contribution in [0.1, 0.15) is 11.1 Å². The zero-order valence-electron chi connectivity index (χ0n) is 15.1. The normalized spacial score (nSPS) is 14.0. The molecule has 4 nitrogen and oxygen atoms in total. The molecule has 5 heteroatoms. The molecule has 1 N–H and O–H groups in total. The Labute approximate surface area is 171 Å². The van der Waals surface area contributed by atoms with Crippen LogP contribution in [0.15, 0.2) is 89.0 Å². The van der Waals surface area contributed by atoms with E-state index in [2.05, 4.69) is 21.2 Å². The van der Waals surface area contributed by atoms with Crippen molar-refractivity contribution in [3.63, 3.8) is 0 Å². The van der Waals surface area contributed by atoms with E-state index >= 15 is 0 Å². The van der Waals surface area contributed by atoms with Gasteiger partial charge in [-0.05, 0) is 42.8 Å². The first kappa shape index (κ1) is 18.2. The highest BCUT2D eigenvalue weighted by atomic mass is 79.9. The van der Waals surface area contributed by atoms with Gasteiger partial charge in [-0.1, -0.05) is 70.0 Å². The Kier molecular flexibility index (Phi) is 4.84. The van der Waals surface area contributed by atoms with Gasteiger partial charge in [0.15, 0.2) is 0 Å². The van der Waals surface area contributed by atoms with Crippen molar-refractivity contribution in [3.05, 3.63) is 100 Å². The molecule has 2 amide bonds. The van der Waals surface area contributed by atoms with Gasteiger partial charge in [-0.15, -0.1) is 0 Å². The largest absolute Gasteiger partial charge is 0.350 e. The number of benzene rings is 3. The number of anilines is 2. The minimum Gasteiger partial charge on any atom is -0.350 e. The van der Waals surface area contributed by atoms with Crippen LogP contribution in [0.2, 0.25) is 0 Å². The molecule has 0 spiro atoms. The van der Waals surface area contributed by atoms with E-state index in [4.69, 9.17) is 0 Å². The molecule has 0 saturated heterocycles. The lowest BCUT2D eigenvalue weighted by Gasteiger charge is -2.15. The Balaban J connectivity index is 1.81. The van der Waals surface area contributed by atoms with Crippen molar-refractivity contribution >= 4 is 44.7 Å². The predicted molar refractivity (Wildman–Crippen MR) is 115 cm³/mol. The van der Waals surface area contributed by atoms with Gasteiger partial charge in [0, 0.05) is 10.2 Å². The lowest BCUT2D eigenvalue weighted by molar-refractivity contribution is -0.120. The van der Waals surface area contributed by atoms with Gasteiger partial charge in [-0.2, -0.15) is 0 Å². The second-order valence-corrected chi connectivity index (χ2v) is 7.45.